The lowest BCUT2D eigenvalue weighted by atomic mass is 9.80. The molecule has 2 heterocycles. The smallest absolute Gasteiger partial charge is 0.264 e. The lowest BCUT2D eigenvalue weighted by molar-refractivity contribution is -0.438. The molecule has 2 aromatic carbocycles. The molecule has 300 valence electrons. The maximum Gasteiger partial charge on any atom is 0.264 e. The standard InChI is InChI=1S/C41H55N3O9S2/c1-40(2)33-17-11-12-18-35(33)43(24-13-15-29-54(46,47)48)37(40)19-9-7-6-8-10-20-38-41(3,4)34-31-32(39(45)42-23-26-53-28-27-52-5)21-22-36(34)44(38)25-14-16-30-55(49,50)51/h6-12,17-22,31H,13-16,23-30H2,1-5H3,(H2-,42,45,46,47,48,49,50,51)/p+1. The van der Waals surface area contributed by atoms with Crippen LogP contribution in [0.4, 0.5) is 11.4 Å². The summed E-state index contributed by atoms with van der Waals surface area (Å²) in [6.45, 7) is 11.4. The van der Waals surface area contributed by atoms with E-state index >= 15 is 0 Å². The number of anilines is 1. The van der Waals surface area contributed by atoms with E-state index in [-0.39, 0.29) is 22.8 Å². The summed E-state index contributed by atoms with van der Waals surface area (Å²) >= 11 is 0. The normalized spacial score (nSPS) is 17.3. The average molecular weight is 799 g/mol. The van der Waals surface area contributed by atoms with Crippen LogP contribution in [0.2, 0.25) is 0 Å². The minimum atomic E-state index is -4.06. The molecule has 0 radical (unpaired) electrons. The van der Waals surface area contributed by atoms with E-state index in [1.807, 2.05) is 60.7 Å². The quantitative estimate of drug-likeness (QED) is 0.0579. The highest BCUT2D eigenvalue weighted by Crippen LogP contribution is 2.47. The van der Waals surface area contributed by atoms with Crippen LogP contribution in [0.1, 0.15) is 74.9 Å². The van der Waals surface area contributed by atoms with Crippen LogP contribution >= 0.6 is 0 Å². The second-order valence-corrected chi connectivity index (χ2v) is 17.9. The highest BCUT2D eigenvalue weighted by molar-refractivity contribution is 7.86. The Labute approximate surface area is 326 Å². The van der Waals surface area contributed by atoms with Gasteiger partial charge in [-0.05, 0) is 62.9 Å². The lowest BCUT2D eigenvalue weighted by Crippen LogP contribution is -2.29. The second kappa shape index (κ2) is 19.3. The van der Waals surface area contributed by atoms with Gasteiger partial charge < -0.3 is 19.7 Å². The SMILES string of the molecule is COCCOCCNC(=O)c1ccc2c(c1)C(C)(C)C(/C=C/C=C/C=C/C=C1\N(CCCCS(=O)(=O)O)c3ccccc3C1(C)C)=[N+]2CCCCS(=O)(=O)O. The van der Waals surface area contributed by atoms with Crippen molar-refractivity contribution in [1.29, 1.82) is 0 Å². The van der Waals surface area contributed by atoms with Gasteiger partial charge in [0.2, 0.25) is 5.69 Å². The summed E-state index contributed by atoms with van der Waals surface area (Å²) in [7, 11) is -6.46. The van der Waals surface area contributed by atoms with E-state index in [2.05, 4.69) is 60.7 Å². The van der Waals surface area contributed by atoms with Crippen LogP contribution in [0.15, 0.2) is 90.7 Å². The van der Waals surface area contributed by atoms with Crippen molar-refractivity contribution in [2.45, 2.75) is 64.2 Å². The molecule has 2 aliphatic heterocycles. The number of ether oxygens (including phenoxy) is 2. The van der Waals surface area contributed by atoms with E-state index in [9.17, 15) is 30.7 Å². The Morgan fingerprint density at radius 1 is 0.818 bits per heavy atom. The fourth-order valence-corrected chi connectivity index (χ4v) is 8.26. The first-order chi connectivity index (χ1) is 26.0. The van der Waals surface area contributed by atoms with Gasteiger partial charge in [0.25, 0.3) is 26.1 Å². The third-order valence-electron chi connectivity index (χ3n) is 9.94. The number of hydrogen-bond donors (Lipinski definition) is 3. The number of rotatable bonds is 21. The third kappa shape index (κ3) is 12.0. The van der Waals surface area contributed by atoms with Gasteiger partial charge in [-0.25, -0.2) is 0 Å². The summed E-state index contributed by atoms with van der Waals surface area (Å²) < 4.78 is 76.3. The molecule has 14 heteroatoms. The van der Waals surface area contributed by atoms with Gasteiger partial charge in [-0.2, -0.15) is 21.4 Å². The Morgan fingerprint density at radius 2 is 1.49 bits per heavy atom. The average Bonchev–Trinajstić information content (AvgIpc) is 3.46. The van der Waals surface area contributed by atoms with Gasteiger partial charge in [0, 0.05) is 66.7 Å². The molecule has 4 rings (SSSR count). The number of unbranched alkanes of at least 4 members (excludes halogenated alkanes) is 2. The first kappa shape index (κ1) is 43.8. The Balaban J connectivity index is 1.51. The van der Waals surface area contributed by atoms with Gasteiger partial charge in [0.05, 0.1) is 36.7 Å². The van der Waals surface area contributed by atoms with E-state index in [1.54, 1.807) is 13.2 Å². The van der Waals surface area contributed by atoms with Gasteiger partial charge in [0.15, 0.2) is 5.71 Å². The molecule has 3 N–H and O–H groups in total. The molecule has 2 aliphatic rings. The summed E-state index contributed by atoms with van der Waals surface area (Å²) in [6.07, 6.45) is 15.7. The molecule has 55 heavy (non-hydrogen) atoms. The summed E-state index contributed by atoms with van der Waals surface area (Å²) in [5.74, 6) is -0.772. The topological polar surface area (TPSA) is 163 Å². The van der Waals surface area contributed by atoms with E-state index in [4.69, 9.17) is 9.47 Å². The maximum atomic E-state index is 13.0. The number of carbonyl (C=O) groups excluding carboxylic acids is 1. The molecule has 0 fully saturated rings. The molecule has 0 bridgehead atoms. The van der Waals surface area contributed by atoms with Crippen LogP contribution in [0.3, 0.4) is 0 Å². The summed E-state index contributed by atoms with van der Waals surface area (Å²) in [6, 6.07) is 13.8. The molecule has 0 aliphatic carbocycles. The fraction of sp³-hybridized carbons (Fsp3) is 0.463. The number of amides is 1. The molecule has 0 aromatic heterocycles. The molecule has 0 atom stereocenters. The first-order valence-corrected chi connectivity index (χ1v) is 21.8. The Kier molecular flexibility index (Phi) is 15.4. The Bertz CT molecular complexity index is 2050. The van der Waals surface area contributed by atoms with Gasteiger partial charge in [-0.15, -0.1) is 0 Å². The van der Waals surface area contributed by atoms with Crippen LogP contribution in [0.5, 0.6) is 0 Å². The van der Waals surface area contributed by atoms with Crippen molar-refractivity contribution < 1.29 is 44.8 Å². The number of hydrogen-bond acceptors (Lipinski definition) is 8. The minimum absolute atomic E-state index is 0.201. The van der Waals surface area contributed by atoms with Crippen molar-refractivity contribution in [3.05, 3.63) is 107 Å². The largest absolute Gasteiger partial charge is 0.382 e. The minimum Gasteiger partial charge on any atom is -0.382 e. The van der Waals surface area contributed by atoms with E-state index in [0.717, 1.165) is 28.3 Å². The van der Waals surface area contributed by atoms with Crippen molar-refractivity contribution in [3.63, 3.8) is 0 Å². The Morgan fingerprint density at radius 3 is 2.20 bits per heavy atom. The maximum absolute atomic E-state index is 13.0. The van der Waals surface area contributed by atoms with Crippen molar-refractivity contribution in [3.8, 4) is 0 Å². The van der Waals surface area contributed by atoms with Crippen molar-refractivity contribution >= 4 is 43.2 Å². The lowest BCUT2D eigenvalue weighted by Gasteiger charge is -2.27. The molecule has 12 nitrogen and oxygen atoms in total. The van der Waals surface area contributed by atoms with Crippen molar-refractivity contribution in [2.75, 3.05) is 63.0 Å². The molecule has 1 amide bonds. The van der Waals surface area contributed by atoms with Gasteiger partial charge in [-0.3, -0.25) is 13.9 Å². The molecule has 0 unspecified atom stereocenters. The third-order valence-corrected chi connectivity index (χ3v) is 11.5. The second-order valence-electron chi connectivity index (χ2n) is 14.7. The number of methoxy groups -OCH3 is 1. The van der Waals surface area contributed by atoms with Crippen molar-refractivity contribution in [2.24, 2.45) is 0 Å². The van der Waals surface area contributed by atoms with E-state index < -0.39 is 25.7 Å². The first-order valence-electron chi connectivity index (χ1n) is 18.6. The Hall–Kier alpha value is -3.92. The number of nitrogens with one attached hydrogen (secondary N) is 1. The molecule has 2 aromatic rings. The van der Waals surface area contributed by atoms with Gasteiger partial charge in [0.1, 0.15) is 6.54 Å². The summed E-state index contributed by atoms with van der Waals surface area (Å²) in [5.41, 5.74) is 6.07. The van der Waals surface area contributed by atoms with Crippen LogP contribution in [-0.4, -0.2) is 100 Å². The summed E-state index contributed by atoms with van der Waals surface area (Å²) in [5, 5.41) is 2.91. The molecular weight excluding hydrogens is 743 g/mol. The van der Waals surface area contributed by atoms with E-state index in [1.165, 1.54) is 5.56 Å². The number of nitrogens with zero attached hydrogens (tertiary/aromatic N) is 2. The predicted molar refractivity (Wildman–Crippen MR) is 218 cm³/mol. The summed E-state index contributed by atoms with van der Waals surface area (Å²) in [4.78, 5) is 15.3. The van der Waals surface area contributed by atoms with Crippen LogP contribution in [0.25, 0.3) is 0 Å². The number of carbonyl (C=O) groups is 1. The zero-order valence-electron chi connectivity index (χ0n) is 32.5. The van der Waals surface area contributed by atoms with Crippen molar-refractivity contribution in [1.82, 2.24) is 5.32 Å². The van der Waals surface area contributed by atoms with Gasteiger partial charge in [-0.1, -0.05) is 62.4 Å². The van der Waals surface area contributed by atoms with Gasteiger partial charge >= 0.3 is 0 Å². The highest BCUT2D eigenvalue weighted by Gasteiger charge is 2.44. The fourth-order valence-electron chi connectivity index (χ4n) is 7.12. The molecular formula is C41H56N3O9S2+. The number of allylic oxidation sites excluding steroid dienone is 8. The number of benzene rings is 2. The number of para-hydroxylation sites is 1. The van der Waals surface area contributed by atoms with Crippen LogP contribution in [-0.2, 0) is 40.5 Å². The molecule has 0 saturated heterocycles. The number of fused-ring (bicyclic) bond motifs is 2. The zero-order chi connectivity index (χ0) is 40.3. The van der Waals surface area contributed by atoms with Crippen LogP contribution < -0.4 is 10.2 Å². The highest BCUT2D eigenvalue weighted by atomic mass is 32.2. The monoisotopic (exact) mass is 798 g/mol. The molecule has 0 spiro atoms. The van der Waals surface area contributed by atoms with E-state index in [0.29, 0.717) is 70.7 Å². The predicted octanol–water partition coefficient (Wildman–Crippen LogP) is 6.14. The van der Waals surface area contributed by atoms with Crippen LogP contribution in [0, 0.1) is 0 Å². The molecule has 0 saturated carbocycles. The zero-order valence-corrected chi connectivity index (χ0v) is 34.2.